The molecule has 4 rings (SSSR count). The Hall–Kier alpha value is -2.17. The number of carbonyl (C=O) groups is 1. The Balaban J connectivity index is 1.73. The molecule has 34 heavy (non-hydrogen) atoms. The fourth-order valence-corrected chi connectivity index (χ4v) is 5.04. The number of amides is 1. The number of benzene rings is 1. The van der Waals surface area contributed by atoms with E-state index in [-0.39, 0.29) is 28.9 Å². The number of nitrogens with zero attached hydrogens (tertiary/aromatic N) is 2. The quantitative estimate of drug-likeness (QED) is 0.660. The number of alkyl halides is 3. The number of ether oxygens (including phenoxy) is 2. The highest BCUT2D eigenvalue weighted by Gasteiger charge is 2.33. The van der Waals surface area contributed by atoms with Crippen molar-refractivity contribution >= 4 is 17.2 Å². The normalized spacial score (nSPS) is 21.9. The number of hydrogen-bond acceptors (Lipinski definition) is 5. The lowest BCUT2D eigenvalue weighted by Crippen LogP contribution is -2.24. The van der Waals surface area contributed by atoms with Crippen LogP contribution in [-0.4, -0.2) is 42.4 Å². The molecule has 2 atom stereocenters. The van der Waals surface area contributed by atoms with Gasteiger partial charge in [-0.05, 0) is 49.4 Å². The van der Waals surface area contributed by atoms with E-state index < -0.39 is 17.6 Å². The number of hydrogen-bond donors (Lipinski definition) is 1. The largest absolute Gasteiger partial charge is 0.488 e. The average molecular weight is 498 g/mol. The van der Waals surface area contributed by atoms with E-state index in [4.69, 9.17) is 9.47 Å². The van der Waals surface area contributed by atoms with Crippen molar-refractivity contribution in [2.45, 2.75) is 70.4 Å². The number of thiazole rings is 1. The van der Waals surface area contributed by atoms with Crippen LogP contribution in [-0.2, 0) is 22.9 Å². The molecular formula is C24H30F3N3O3S. The van der Waals surface area contributed by atoms with Gasteiger partial charge in [-0.15, -0.1) is 11.3 Å². The lowest BCUT2D eigenvalue weighted by atomic mass is 9.95. The summed E-state index contributed by atoms with van der Waals surface area (Å²) >= 11 is 1.37. The van der Waals surface area contributed by atoms with Crippen LogP contribution in [0.3, 0.4) is 0 Å². The van der Waals surface area contributed by atoms with Crippen molar-refractivity contribution in [2.24, 2.45) is 4.99 Å². The monoisotopic (exact) mass is 497 g/mol. The molecule has 3 heterocycles. The smallest absolute Gasteiger partial charge is 0.416 e. The standard InChI is InChI=1S/C24H30F3N3O3S/c1-23(2,3)20-14-30(13-17-5-4-10-32-17)22(34-20)29-21(31)18-11-15(24(25,26)27)6-7-19(18)33-16-8-9-28-12-16/h6-7,11,14,16-17,28H,4-5,8-10,12-13H2,1-3H3/b29-22-/t16-,17+/m0/s1. The molecule has 2 fully saturated rings. The first-order valence-electron chi connectivity index (χ1n) is 11.5. The summed E-state index contributed by atoms with van der Waals surface area (Å²) in [6.07, 6.45) is -0.180. The molecule has 0 bridgehead atoms. The van der Waals surface area contributed by atoms with E-state index in [9.17, 15) is 18.0 Å². The highest BCUT2D eigenvalue weighted by molar-refractivity contribution is 7.09. The first kappa shape index (κ1) is 24.9. The fourth-order valence-electron chi connectivity index (χ4n) is 3.98. The zero-order valence-electron chi connectivity index (χ0n) is 19.6. The van der Waals surface area contributed by atoms with E-state index in [1.54, 1.807) is 0 Å². The van der Waals surface area contributed by atoms with Crippen LogP contribution in [0, 0.1) is 0 Å². The van der Waals surface area contributed by atoms with Crippen LogP contribution in [0.5, 0.6) is 5.75 Å². The fraction of sp³-hybridized carbons (Fsp3) is 0.583. The van der Waals surface area contributed by atoms with Gasteiger partial charge in [-0.2, -0.15) is 18.2 Å². The molecule has 0 unspecified atom stereocenters. The van der Waals surface area contributed by atoms with Crippen LogP contribution >= 0.6 is 11.3 Å². The molecule has 2 aromatic rings. The third-order valence-corrected chi connectivity index (χ3v) is 7.37. The molecule has 2 aliphatic heterocycles. The Morgan fingerprint density at radius 3 is 2.71 bits per heavy atom. The van der Waals surface area contributed by atoms with Gasteiger partial charge in [-0.3, -0.25) is 4.79 Å². The second kappa shape index (κ2) is 9.83. The topological polar surface area (TPSA) is 64.9 Å². The van der Waals surface area contributed by atoms with Crippen LogP contribution < -0.4 is 14.9 Å². The minimum Gasteiger partial charge on any atom is -0.488 e. The van der Waals surface area contributed by atoms with Gasteiger partial charge in [0, 0.05) is 24.2 Å². The Morgan fingerprint density at radius 1 is 1.29 bits per heavy atom. The summed E-state index contributed by atoms with van der Waals surface area (Å²) in [6.45, 7) is 8.77. The van der Waals surface area contributed by atoms with E-state index in [1.165, 1.54) is 17.4 Å². The lowest BCUT2D eigenvalue weighted by molar-refractivity contribution is -0.137. The Labute approximate surface area is 200 Å². The summed E-state index contributed by atoms with van der Waals surface area (Å²) in [5.41, 5.74) is -1.26. The minimum absolute atomic E-state index is 0.0267. The van der Waals surface area contributed by atoms with E-state index >= 15 is 0 Å². The van der Waals surface area contributed by atoms with Crippen LogP contribution in [0.4, 0.5) is 13.2 Å². The van der Waals surface area contributed by atoms with Gasteiger partial charge in [-0.1, -0.05) is 20.8 Å². The maximum absolute atomic E-state index is 13.4. The average Bonchev–Trinajstić information content (AvgIpc) is 3.51. The van der Waals surface area contributed by atoms with Gasteiger partial charge in [0.25, 0.3) is 5.91 Å². The molecule has 0 radical (unpaired) electrons. The molecule has 1 amide bonds. The van der Waals surface area contributed by atoms with Gasteiger partial charge in [-0.25, -0.2) is 0 Å². The number of nitrogens with one attached hydrogen (secondary N) is 1. The summed E-state index contributed by atoms with van der Waals surface area (Å²) in [5.74, 6) is -0.635. The molecule has 2 aliphatic rings. The first-order chi connectivity index (χ1) is 16.0. The van der Waals surface area contributed by atoms with Gasteiger partial charge in [0.1, 0.15) is 11.9 Å². The van der Waals surface area contributed by atoms with Crippen molar-refractivity contribution in [1.29, 1.82) is 0 Å². The predicted molar refractivity (Wildman–Crippen MR) is 123 cm³/mol. The molecule has 10 heteroatoms. The number of aromatic nitrogens is 1. The van der Waals surface area contributed by atoms with Crippen LogP contribution in [0.1, 0.15) is 60.8 Å². The zero-order chi connectivity index (χ0) is 24.5. The highest BCUT2D eigenvalue weighted by Crippen LogP contribution is 2.33. The first-order valence-corrected chi connectivity index (χ1v) is 12.3. The summed E-state index contributed by atoms with van der Waals surface area (Å²) < 4.78 is 53.8. The van der Waals surface area contributed by atoms with E-state index in [0.717, 1.165) is 36.4 Å². The number of halogens is 3. The van der Waals surface area contributed by atoms with Gasteiger partial charge >= 0.3 is 6.18 Å². The molecule has 1 N–H and O–H groups in total. The molecule has 0 saturated carbocycles. The predicted octanol–water partition coefficient (Wildman–Crippen LogP) is 4.53. The van der Waals surface area contributed by atoms with Crippen LogP contribution in [0.15, 0.2) is 29.4 Å². The van der Waals surface area contributed by atoms with Gasteiger partial charge < -0.3 is 19.4 Å². The second-order valence-corrected chi connectivity index (χ2v) is 10.8. The summed E-state index contributed by atoms with van der Waals surface area (Å²) in [4.78, 5) is 19.0. The van der Waals surface area contributed by atoms with Crippen molar-refractivity contribution < 1.29 is 27.4 Å². The van der Waals surface area contributed by atoms with Gasteiger partial charge in [0.2, 0.25) is 0 Å². The van der Waals surface area contributed by atoms with E-state index in [1.807, 2.05) is 10.8 Å². The van der Waals surface area contributed by atoms with Gasteiger partial charge in [0.15, 0.2) is 4.80 Å². The van der Waals surface area contributed by atoms with Crippen molar-refractivity contribution in [1.82, 2.24) is 9.88 Å². The maximum atomic E-state index is 13.4. The van der Waals surface area contributed by atoms with Crippen molar-refractivity contribution in [3.8, 4) is 5.75 Å². The van der Waals surface area contributed by atoms with Crippen molar-refractivity contribution in [3.05, 3.63) is 45.2 Å². The minimum atomic E-state index is -4.58. The summed E-state index contributed by atoms with van der Waals surface area (Å²) in [5, 5.41) is 3.15. The molecule has 2 saturated heterocycles. The van der Waals surface area contributed by atoms with E-state index in [2.05, 4.69) is 31.1 Å². The summed E-state index contributed by atoms with van der Waals surface area (Å²) in [7, 11) is 0. The molecule has 0 spiro atoms. The van der Waals surface area contributed by atoms with Gasteiger partial charge in [0.05, 0.1) is 23.8 Å². The Kier molecular flexibility index (Phi) is 7.21. The number of carbonyl (C=O) groups excluding carboxylic acids is 1. The highest BCUT2D eigenvalue weighted by atomic mass is 32.1. The lowest BCUT2D eigenvalue weighted by Gasteiger charge is -2.16. The third kappa shape index (κ3) is 5.90. The second-order valence-electron chi connectivity index (χ2n) is 9.77. The SMILES string of the molecule is CC(C)(C)c1cn(C[C@H]2CCCO2)/c(=N/C(=O)c2cc(C(F)(F)F)ccc2O[C@H]2CCNC2)s1. The summed E-state index contributed by atoms with van der Waals surface area (Å²) in [6, 6.07) is 3.00. The van der Waals surface area contributed by atoms with Crippen LogP contribution in [0.25, 0.3) is 0 Å². The molecule has 6 nitrogen and oxygen atoms in total. The van der Waals surface area contributed by atoms with Crippen molar-refractivity contribution in [2.75, 3.05) is 19.7 Å². The Bertz CT molecular complexity index is 1090. The molecule has 0 aliphatic carbocycles. The molecule has 186 valence electrons. The van der Waals surface area contributed by atoms with E-state index in [0.29, 0.717) is 30.9 Å². The zero-order valence-corrected chi connectivity index (χ0v) is 20.4. The van der Waals surface area contributed by atoms with Crippen molar-refractivity contribution in [3.63, 3.8) is 0 Å². The molecule has 1 aromatic heterocycles. The Morgan fingerprint density at radius 2 is 2.09 bits per heavy atom. The third-order valence-electron chi connectivity index (χ3n) is 5.93. The maximum Gasteiger partial charge on any atom is 0.416 e. The molecule has 1 aromatic carbocycles. The van der Waals surface area contributed by atoms with Crippen LogP contribution in [0.2, 0.25) is 0 Å². The molecular weight excluding hydrogens is 467 g/mol. The number of rotatable bonds is 5.